The molecular formula is C13H12. The van der Waals surface area contributed by atoms with Crippen molar-refractivity contribution in [2.75, 3.05) is 0 Å². The van der Waals surface area contributed by atoms with Crippen LogP contribution in [0.2, 0.25) is 0 Å². The van der Waals surface area contributed by atoms with E-state index < -0.39 is 0 Å². The van der Waals surface area contributed by atoms with Crippen LogP contribution in [0.1, 0.15) is 19.4 Å². The third kappa shape index (κ3) is 4.04. The van der Waals surface area contributed by atoms with Gasteiger partial charge in [0.15, 0.2) is 0 Å². The highest BCUT2D eigenvalue weighted by atomic mass is 13.8. The van der Waals surface area contributed by atoms with E-state index >= 15 is 0 Å². The Hall–Kier alpha value is -1.66. The van der Waals surface area contributed by atoms with Gasteiger partial charge in [-0.05, 0) is 24.0 Å². The van der Waals surface area contributed by atoms with E-state index in [4.69, 9.17) is 0 Å². The van der Waals surface area contributed by atoms with Crippen LogP contribution < -0.4 is 0 Å². The van der Waals surface area contributed by atoms with E-state index in [0.29, 0.717) is 5.92 Å². The molecule has 0 aromatic heterocycles. The molecule has 1 aromatic rings. The zero-order chi connectivity index (χ0) is 9.52. The van der Waals surface area contributed by atoms with Gasteiger partial charge in [0.05, 0.1) is 0 Å². The minimum Gasteiger partial charge on any atom is -0.0863 e. The van der Waals surface area contributed by atoms with Gasteiger partial charge in [0.2, 0.25) is 0 Å². The van der Waals surface area contributed by atoms with Crippen molar-refractivity contribution >= 4 is 0 Å². The summed E-state index contributed by atoms with van der Waals surface area (Å²) in [5.41, 5.74) is 1.01. The maximum absolute atomic E-state index is 2.99. The Kier molecular flexibility index (Phi) is 3.68. The topological polar surface area (TPSA) is 0 Å². The van der Waals surface area contributed by atoms with Gasteiger partial charge in [0.1, 0.15) is 0 Å². The monoisotopic (exact) mass is 168 g/mol. The molecule has 0 N–H and O–H groups in total. The fourth-order valence-electron chi connectivity index (χ4n) is 0.805. The summed E-state index contributed by atoms with van der Waals surface area (Å²) in [4.78, 5) is 0. The standard InChI is InChI=1S/C13H12/c1-12(2)8-6-7-11-13-9-4-3-5-10-13/h3-5,9-10,12H,1-2H3. The minimum atomic E-state index is 0.394. The number of hydrogen-bond donors (Lipinski definition) is 0. The highest BCUT2D eigenvalue weighted by Crippen LogP contribution is 1.94. The summed E-state index contributed by atoms with van der Waals surface area (Å²) < 4.78 is 0. The van der Waals surface area contributed by atoms with Gasteiger partial charge in [-0.25, -0.2) is 0 Å². The Morgan fingerprint density at radius 3 is 2.31 bits per heavy atom. The van der Waals surface area contributed by atoms with E-state index in [9.17, 15) is 0 Å². The summed E-state index contributed by atoms with van der Waals surface area (Å²) in [6.45, 7) is 4.11. The van der Waals surface area contributed by atoms with Crippen LogP contribution in [0, 0.1) is 29.6 Å². The predicted molar refractivity (Wildman–Crippen MR) is 55.9 cm³/mol. The number of rotatable bonds is 0. The van der Waals surface area contributed by atoms with Crippen LogP contribution in [0.15, 0.2) is 30.3 Å². The van der Waals surface area contributed by atoms with Crippen LogP contribution in [0.4, 0.5) is 0 Å². The normalized spacial score (nSPS) is 8.23. The molecule has 0 heterocycles. The Morgan fingerprint density at radius 1 is 1.00 bits per heavy atom. The molecule has 0 radical (unpaired) electrons. The average molecular weight is 168 g/mol. The van der Waals surface area contributed by atoms with Crippen molar-refractivity contribution in [3.05, 3.63) is 35.9 Å². The zero-order valence-electron chi connectivity index (χ0n) is 7.96. The van der Waals surface area contributed by atoms with Crippen LogP contribution >= 0.6 is 0 Å². The average Bonchev–Trinajstić information content (AvgIpc) is 2.14. The molecule has 64 valence electrons. The lowest BCUT2D eigenvalue weighted by molar-refractivity contribution is 0.867. The summed E-state index contributed by atoms with van der Waals surface area (Å²) in [6.07, 6.45) is 0. The second kappa shape index (κ2) is 5.07. The van der Waals surface area contributed by atoms with Gasteiger partial charge in [-0.3, -0.25) is 0 Å². The predicted octanol–water partition coefficient (Wildman–Crippen LogP) is 2.70. The molecule has 1 aromatic carbocycles. The van der Waals surface area contributed by atoms with Crippen molar-refractivity contribution in [3.8, 4) is 23.7 Å². The van der Waals surface area contributed by atoms with E-state index in [2.05, 4.69) is 37.5 Å². The van der Waals surface area contributed by atoms with Gasteiger partial charge < -0.3 is 0 Å². The van der Waals surface area contributed by atoms with Crippen molar-refractivity contribution in [1.82, 2.24) is 0 Å². The van der Waals surface area contributed by atoms with Crippen LogP contribution in [0.5, 0.6) is 0 Å². The molecule has 0 atom stereocenters. The van der Waals surface area contributed by atoms with E-state index in [-0.39, 0.29) is 0 Å². The van der Waals surface area contributed by atoms with E-state index in [1.807, 2.05) is 30.3 Å². The molecule has 0 nitrogen and oxygen atoms in total. The van der Waals surface area contributed by atoms with Gasteiger partial charge >= 0.3 is 0 Å². The largest absolute Gasteiger partial charge is 0.0863 e. The molecule has 13 heavy (non-hydrogen) atoms. The quantitative estimate of drug-likeness (QED) is 0.522. The third-order valence-corrected chi connectivity index (χ3v) is 1.40. The molecular weight excluding hydrogens is 156 g/mol. The molecule has 0 aliphatic heterocycles. The summed E-state index contributed by atoms with van der Waals surface area (Å²) in [5, 5.41) is 0. The second-order valence-electron chi connectivity index (χ2n) is 3.04. The van der Waals surface area contributed by atoms with Gasteiger partial charge in [-0.2, -0.15) is 0 Å². The van der Waals surface area contributed by atoms with Gasteiger partial charge in [0.25, 0.3) is 0 Å². The molecule has 0 saturated carbocycles. The first kappa shape index (κ1) is 9.43. The molecule has 0 fully saturated rings. The van der Waals surface area contributed by atoms with E-state index in [0.717, 1.165) is 5.56 Å². The fourth-order valence-corrected chi connectivity index (χ4v) is 0.805. The van der Waals surface area contributed by atoms with Crippen molar-refractivity contribution in [1.29, 1.82) is 0 Å². The van der Waals surface area contributed by atoms with Crippen LogP contribution in [-0.2, 0) is 0 Å². The maximum Gasteiger partial charge on any atom is 0.0255 e. The van der Waals surface area contributed by atoms with Gasteiger partial charge in [-0.1, -0.05) is 43.9 Å². The first-order valence-electron chi connectivity index (χ1n) is 4.35. The lowest BCUT2D eigenvalue weighted by Crippen LogP contribution is -1.76. The summed E-state index contributed by atoms with van der Waals surface area (Å²) >= 11 is 0. The zero-order valence-corrected chi connectivity index (χ0v) is 7.96. The molecule has 0 aliphatic carbocycles. The van der Waals surface area contributed by atoms with Crippen LogP contribution in [-0.4, -0.2) is 0 Å². The lowest BCUT2D eigenvalue weighted by atomic mass is 10.2. The Bertz CT molecular complexity index is 363. The molecule has 0 bridgehead atoms. The van der Waals surface area contributed by atoms with Gasteiger partial charge in [0, 0.05) is 11.5 Å². The van der Waals surface area contributed by atoms with Crippen molar-refractivity contribution in [3.63, 3.8) is 0 Å². The summed E-state index contributed by atoms with van der Waals surface area (Å²) in [6, 6.07) is 9.87. The minimum absolute atomic E-state index is 0.394. The first-order chi connectivity index (χ1) is 6.29. The molecule has 0 heteroatoms. The fraction of sp³-hybridized carbons (Fsp3) is 0.231. The number of hydrogen-bond acceptors (Lipinski definition) is 0. The van der Waals surface area contributed by atoms with Crippen molar-refractivity contribution in [2.24, 2.45) is 5.92 Å². The van der Waals surface area contributed by atoms with Crippen LogP contribution in [0.25, 0.3) is 0 Å². The molecule has 0 amide bonds. The molecule has 0 spiro atoms. The molecule has 1 rings (SSSR count). The highest BCUT2D eigenvalue weighted by molar-refractivity contribution is 5.39. The summed E-state index contributed by atoms with van der Waals surface area (Å²) in [7, 11) is 0. The van der Waals surface area contributed by atoms with E-state index in [1.54, 1.807) is 0 Å². The Morgan fingerprint density at radius 2 is 1.69 bits per heavy atom. The number of benzene rings is 1. The first-order valence-corrected chi connectivity index (χ1v) is 4.35. The smallest absolute Gasteiger partial charge is 0.0255 e. The summed E-state index contributed by atoms with van der Waals surface area (Å²) in [5.74, 6) is 12.0. The second-order valence-corrected chi connectivity index (χ2v) is 3.04. The van der Waals surface area contributed by atoms with Gasteiger partial charge in [-0.15, -0.1) is 0 Å². The lowest BCUT2D eigenvalue weighted by Gasteiger charge is -1.84. The molecule has 0 unspecified atom stereocenters. The van der Waals surface area contributed by atoms with E-state index in [1.165, 1.54) is 0 Å². The highest BCUT2D eigenvalue weighted by Gasteiger charge is 1.80. The Balaban J connectivity index is 2.65. The van der Waals surface area contributed by atoms with Crippen LogP contribution in [0.3, 0.4) is 0 Å². The molecule has 0 saturated heterocycles. The third-order valence-electron chi connectivity index (χ3n) is 1.40. The SMILES string of the molecule is CC(C)C#CC#Cc1ccccc1. The Labute approximate surface area is 80.0 Å². The molecule has 0 aliphatic rings. The maximum atomic E-state index is 2.99. The van der Waals surface area contributed by atoms with Crippen molar-refractivity contribution in [2.45, 2.75) is 13.8 Å². The van der Waals surface area contributed by atoms with Crippen molar-refractivity contribution < 1.29 is 0 Å².